The van der Waals surface area contributed by atoms with Crippen molar-refractivity contribution in [2.75, 3.05) is 0 Å². The SMILES string of the molecule is O=P(O)(O)O.[N-]=[N+]=NP(=O)(c1ccccc1)c1ccccc1. The van der Waals surface area contributed by atoms with Gasteiger partial charge in [-0.2, -0.15) is 0 Å². The van der Waals surface area contributed by atoms with E-state index < -0.39 is 15.1 Å². The van der Waals surface area contributed by atoms with E-state index in [1.165, 1.54) is 0 Å². The van der Waals surface area contributed by atoms with E-state index in [4.69, 9.17) is 24.8 Å². The third kappa shape index (κ3) is 5.84. The van der Waals surface area contributed by atoms with Gasteiger partial charge >= 0.3 is 7.82 Å². The minimum atomic E-state index is -4.64. The lowest BCUT2D eigenvalue weighted by atomic mass is 10.4. The second-order valence-electron chi connectivity index (χ2n) is 3.94. The molecule has 0 fully saturated rings. The van der Waals surface area contributed by atoms with Crippen molar-refractivity contribution in [3.05, 3.63) is 71.1 Å². The van der Waals surface area contributed by atoms with Gasteiger partial charge in [0.15, 0.2) is 0 Å². The van der Waals surface area contributed by atoms with E-state index in [0.29, 0.717) is 10.6 Å². The van der Waals surface area contributed by atoms with Crippen LogP contribution in [0.15, 0.2) is 65.5 Å². The Bertz CT molecular complexity index is 690. The second kappa shape index (κ2) is 7.92. The van der Waals surface area contributed by atoms with Crippen LogP contribution in [0.1, 0.15) is 0 Å². The van der Waals surface area contributed by atoms with Crippen LogP contribution in [0.2, 0.25) is 0 Å². The van der Waals surface area contributed by atoms with E-state index in [2.05, 4.69) is 9.80 Å². The predicted octanol–water partition coefficient (Wildman–Crippen LogP) is 2.30. The van der Waals surface area contributed by atoms with Gasteiger partial charge in [-0.1, -0.05) is 60.7 Å². The highest BCUT2D eigenvalue weighted by Crippen LogP contribution is 2.44. The molecule has 3 N–H and O–H groups in total. The largest absolute Gasteiger partial charge is 0.466 e. The van der Waals surface area contributed by atoms with Crippen LogP contribution in [-0.4, -0.2) is 14.7 Å². The van der Waals surface area contributed by atoms with Gasteiger partial charge in [0.05, 0.1) is 0 Å². The molecule has 0 saturated carbocycles. The predicted molar refractivity (Wildman–Crippen MR) is 83.2 cm³/mol. The molecule has 0 aliphatic heterocycles. The van der Waals surface area contributed by atoms with Crippen LogP contribution >= 0.6 is 15.1 Å². The second-order valence-corrected chi connectivity index (χ2v) is 7.33. The molecular weight excluding hydrogens is 328 g/mol. The van der Waals surface area contributed by atoms with Crippen LogP contribution in [0.25, 0.3) is 10.4 Å². The molecule has 0 saturated heterocycles. The van der Waals surface area contributed by atoms with Gasteiger partial charge in [-0.25, -0.2) is 4.57 Å². The fourth-order valence-electron chi connectivity index (χ4n) is 1.57. The molecule has 0 spiro atoms. The molecule has 10 heteroatoms. The van der Waals surface area contributed by atoms with Crippen molar-refractivity contribution in [3.63, 3.8) is 0 Å². The lowest BCUT2D eigenvalue weighted by Gasteiger charge is -2.12. The van der Waals surface area contributed by atoms with Crippen molar-refractivity contribution >= 4 is 25.7 Å². The zero-order valence-corrected chi connectivity index (χ0v) is 13.0. The number of azide groups is 1. The molecule has 0 heterocycles. The van der Waals surface area contributed by atoms with Crippen LogP contribution in [-0.2, 0) is 9.13 Å². The molecule has 0 amide bonds. The minimum absolute atomic E-state index is 0.545. The average molecular weight is 341 g/mol. The normalized spacial score (nSPS) is 10.9. The van der Waals surface area contributed by atoms with E-state index in [1.807, 2.05) is 12.1 Å². The summed E-state index contributed by atoms with van der Waals surface area (Å²) < 4.78 is 21.7. The van der Waals surface area contributed by atoms with Gasteiger partial charge in [0.25, 0.3) is 0 Å². The van der Waals surface area contributed by atoms with Crippen LogP contribution in [0.5, 0.6) is 0 Å². The molecule has 0 aliphatic carbocycles. The number of benzene rings is 2. The summed E-state index contributed by atoms with van der Waals surface area (Å²) in [5.74, 6) is 0. The number of rotatable bonds is 3. The maximum Gasteiger partial charge on any atom is 0.466 e. The Morgan fingerprint density at radius 2 is 1.14 bits per heavy atom. The summed E-state index contributed by atoms with van der Waals surface area (Å²) in [4.78, 5) is 27.8. The molecule has 8 nitrogen and oxygen atoms in total. The Balaban J connectivity index is 0.000000422. The summed E-state index contributed by atoms with van der Waals surface area (Å²) in [6, 6.07) is 17.6. The molecule has 0 radical (unpaired) electrons. The van der Waals surface area contributed by atoms with Crippen LogP contribution in [0, 0.1) is 0 Å². The van der Waals surface area contributed by atoms with Gasteiger partial charge < -0.3 is 19.2 Å². The van der Waals surface area contributed by atoms with E-state index in [-0.39, 0.29) is 0 Å². The van der Waals surface area contributed by atoms with E-state index in [9.17, 15) is 4.57 Å². The van der Waals surface area contributed by atoms with Gasteiger partial charge in [0.2, 0.25) is 7.29 Å². The molecule has 22 heavy (non-hydrogen) atoms. The molecule has 0 aliphatic rings. The molecule has 0 bridgehead atoms. The maximum absolute atomic E-state index is 12.8. The molecule has 0 unspecified atom stereocenters. The minimum Gasteiger partial charge on any atom is -0.307 e. The quantitative estimate of drug-likeness (QED) is 0.339. The van der Waals surface area contributed by atoms with Crippen LogP contribution < -0.4 is 10.6 Å². The first-order valence-corrected chi connectivity index (χ1v) is 9.06. The first kappa shape index (κ1) is 18.1. The molecule has 2 aromatic rings. The van der Waals surface area contributed by atoms with Gasteiger partial charge in [-0.05, 0) is 10.4 Å². The van der Waals surface area contributed by atoms with Crippen molar-refractivity contribution in [2.24, 2.45) is 4.88 Å². The molecular formula is C12H13N3O5P2. The summed E-state index contributed by atoms with van der Waals surface area (Å²) in [5.41, 5.74) is 8.61. The first-order chi connectivity index (χ1) is 10.3. The third-order valence-corrected chi connectivity index (χ3v) is 4.71. The van der Waals surface area contributed by atoms with Crippen molar-refractivity contribution in [2.45, 2.75) is 0 Å². The highest BCUT2D eigenvalue weighted by Gasteiger charge is 2.25. The maximum atomic E-state index is 12.8. The average Bonchev–Trinajstić information content (AvgIpc) is 2.47. The standard InChI is InChI=1S/C12H10N3OP.H3O4P/c13-14-15-17(16,11-7-3-1-4-8-11)12-9-5-2-6-10-12;1-5(2,3)4/h1-10H;(H3,1,2,3,4). The fraction of sp³-hybridized carbons (Fsp3) is 0. The Labute approximate surface area is 126 Å². The summed E-state index contributed by atoms with van der Waals surface area (Å²) in [7, 11) is -7.85. The Morgan fingerprint density at radius 3 is 1.41 bits per heavy atom. The molecule has 2 aromatic carbocycles. The molecule has 0 aromatic heterocycles. The van der Waals surface area contributed by atoms with Crippen LogP contribution in [0.4, 0.5) is 0 Å². The van der Waals surface area contributed by atoms with Gasteiger partial charge in [0, 0.05) is 15.5 Å². The summed E-state index contributed by atoms with van der Waals surface area (Å²) in [6.45, 7) is 0. The Kier molecular flexibility index (Phi) is 6.53. The highest BCUT2D eigenvalue weighted by molar-refractivity contribution is 7.77. The van der Waals surface area contributed by atoms with Crippen molar-refractivity contribution in [1.29, 1.82) is 0 Å². The monoisotopic (exact) mass is 341 g/mol. The van der Waals surface area contributed by atoms with Crippen molar-refractivity contribution in [1.82, 2.24) is 0 Å². The van der Waals surface area contributed by atoms with Crippen molar-refractivity contribution < 1.29 is 23.8 Å². The molecule has 0 atom stereocenters. The number of nitrogens with zero attached hydrogens (tertiary/aromatic N) is 3. The molecule has 116 valence electrons. The summed E-state index contributed by atoms with van der Waals surface area (Å²) in [6.07, 6.45) is 0. The first-order valence-electron chi connectivity index (χ1n) is 5.83. The van der Waals surface area contributed by atoms with E-state index in [1.54, 1.807) is 48.5 Å². The molecule has 2 rings (SSSR count). The number of hydrogen-bond donors (Lipinski definition) is 3. The van der Waals surface area contributed by atoms with Gasteiger partial charge in [-0.3, -0.25) is 0 Å². The summed E-state index contributed by atoms with van der Waals surface area (Å²) >= 11 is 0. The topological polar surface area (TPSA) is 144 Å². The fourth-order valence-corrected chi connectivity index (χ4v) is 3.34. The number of hydrogen-bond acceptors (Lipinski definition) is 2. The van der Waals surface area contributed by atoms with E-state index >= 15 is 0 Å². The lowest BCUT2D eigenvalue weighted by Crippen LogP contribution is -2.13. The van der Waals surface area contributed by atoms with Gasteiger partial charge in [-0.15, -0.1) is 0 Å². The van der Waals surface area contributed by atoms with E-state index in [0.717, 1.165) is 0 Å². The third-order valence-electron chi connectivity index (χ3n) is 2.38. The lowest BCUT2D eigenvalue weighted by molar-refractivity contribution is 0.275. The zero-order chi connectivity index (χ0) is 16.6. The van der Waals surface area contributed by atoms with Gasteiger partial charge in [0.1, 0.15) is 0 Å². The highest BCUT2D eigenvalue weighted by atomic mass is 31.2. The smallest absolute Gasteiger partial charge is 0.307 e. The summed E-state index contributed by atoms with van der Waals surface area (Å²) in [5, 5.41) is 1.09. The van der Waals surface area contributed by atoms with Crippen molar-refractivity contribution in [3.8, 4) is 0 Å². The number of phosphoric acid groups is 1. The Morgan fingerprint density at radius 1 is 0.818 bits per heavy atom. The zero-order valence-electron chi connectivity index (χ0n) is 11.2. The van der Waals surface area contributed by atoms with Crippen LogP contribution in [0.3, 0.4) is 0 Å². The Hall–Kier alpha value is -1.91.